The number of rotatable bonds is 5. The van der Waals surface area contributed by atoms with Crippen molar-refractivity contribution >= 4 is 0 Å². The third-order valence-electron chi connectivity index (χ3n) is 3.94. The molecule has 0 aromatic heterocycles. The van der Waals surface area contributed by atoms with Gasteiger partial charge in [-0.1, -0.05) is 60.7 Å². The van der Waals surface area contributed by atoms with E-state index in [9.17, 15) is 4.39 Å². The number of nitriles is 1. The highest BCUT2D eigenvalue weighted by atomic mass is 19.1. The maximum atomic E-state index is 14.0. The summed E-state index contributed by atoms with van der Waals surface area (Å²) in [5, 5.41) is 12.4. The van der Waals surface area contributed by atoms with Crippen LogP contribution < -0.4 is 5.32 Å². The Kier molecular flexibility index (Phi) is 5.00. The van der Waals surface area contributed by atoms with Crippen molar-refractivity contribution in [1.29, 1.82) is 5.26 Å². The van der Waals surface area contributed by atoms with E-state index in [1.165, 1.54) is 12.1 Å². The van der Waals surface area contributed by atoms with Gasteiger partial charge in [0.1, 0.15) is 5.82 Å². The number of nitrogens with zero attached hydrogens (tertiary/aromatic N) is 1. The minimum absolute atomic E-state index is 0.0439. The van der Waals surface area contributed by atoms with E-state index in [2.05, 4.69) is 11.4 Å². The van der Waals surface area contributed by atoms with Gasteiger partial charge in [0.05, 0.1) is 17.7 Å². The van der Waals surface area contributed by atoms with Crippen molar-refractivity contribution in [2.24, 2.45) is 0 Å². The van der Waals surface area contributed by atoms with Gasteiger partial charge in [0, 0.05) is 12.1 Å². The van der Waals surface area contributed by atoms with Crippen molar-refractivity contribution in [3.8, 4) is 6.07 Å². The highest BCUT2D eigenvalue weighted by Crippen LogP contribution is 2.22. The Morgan fingerprint density at radius 1 is 0.875 bits per heavy atom. The van der Waals surface area contributed by atoms with Crippen LogP contribution in [0.15, 0.2) is 78.9 Å². The van der Waals surface area contributed by atoms with E-state index in [0.29, 0.717) is 17.7 Å². The van der Waals surface area contributed by atoms with Gasteiger partial charge in [0.25, 0.3) is 0 Å². The quantitative estimate of drug-likeness (QED) is 0.748. The second-order valence-electron chi connectivity index (χ2n) is 5.55. The van der Waals surface area contributed by atoms with Crippen molar-refractivity contribution in [3.05, 3.63) is 107 Å². The molecule has 0 fully saturated rings. The SMILES string of the molecule is N#Cc1ccc(F)c(CNC(c2ccccc2)c2ccccc2)c1. The minimum Gasteiger partial charge on any atom is -0.302 e. The third-order valence-corrected chi connectivity index (χ3v) is 3.94. The molecule has 0 atom stereocenters. The molecule has 0 saturated heterocycles. The largest absolute Gasteiger partial charge is 0.302 e. The van der Waals surface area contributed by atoms with Crippen LogP contribution in [0.2, 0.25) is 0 Å². The molecule has 0 heterocycles. The molecule has 0 radical (unpaired) electrons. The van der Waals surface area contributed by atoms with Crippen molar-refractivity contribution in [1.82, 2.24) is 5.32 Å². The molecular weight excluding hydrogens is 299 g/mol. The molecule has 3 rings (SSSR count). The molecule has 0 aliphatic rings. The predicted molar refractivity (Wildman–Crippen MR) is 92.7 cm³/mol. The van der Waals surface area contributed by atoms with Crippen LogP contribution in [-0.4, -0.2) is 0 Å². The fraction of sp³-hybridized carbons (Fsp3) is 0.0952. The Morgan fingerprint density at radius 2 is 1.46 bits per heavy atom. The summed E-state index contributed by atoms with van der Waals surface area (Å²) in [5.41, 5.74) is 3.18. The van der Waals surface area contributed by atoms with Crippen LogP contribution in [0, 0.1) is 17.1 Å². The van der Waals surface area contributed by atoms with Gasteiger partial charge in [-0.05, 0) is 29.3 Å². The van der Waals surface area contributed by atoms with Crippen LogP contribution in [0.25, 0.3) is 0 Å². The average molecular weight is 316 g/mol. The summed E-state index contributed by atoms with van der Waals surface area (Å²) in [6.07, 6.45) is 0. The van der Waals surface area contributed by atoms with E-state index >= 15 is 0 Å². The van der Waals surface area contributed by atoms with Gasteiger partial charge in [-0.2, -0.15) is 5.26 Å². The Bertz CT molecular complexity index is 799. The fourth-order valence-electron chi connectivity index (χ4n) is 2.71. The number of nitrogens with one attached hydrogen (secondary N) is 1. The molecule has 0 spiro atoms. The van der Waals surface area contributed by atoms with E-state index in [-0.39, 0.29) is 11.9 Å². The summed E-state index contributed by atoms with van der Waals surface area (Å²) in [6.45, 7) is 0.343. The Balaban J connectivity index is 1.87. The lowest BCUT2D eigenvalue weighted by atomic mass is 9.98. The summed E-state index contributed by atoms with van der Waals surface area (Å²) < 4.78 is 14.0. The predicted octanol–water partition coefficient (Wildman–Crippen LogP) is 4.58. The number of benzene rings is 3. The van der Waals surface area contributed by atoms with Crippen LogP contribution in [0.4, 0.5) is 4.39 Å². The molecule has 1 N–H and O–H groups in total. The molecule has 3 heteroatoms. The first-order valence-corrected chi connectivity index (χ1v) is 7.80. The number of hydrogen-bond acceptors (Lipinski definition) is 2. The molecule has 0 saturated carbocycles. The lowest BCUT2D eigenvalue weighted by Crippen LogP contribution is -2.22. The lowest BCUT2D eigenvalue weighted by molar-refractivity contribution is 0.561. The number of halogens is 1. The van der Waals surface area contributed by atoms with Gasteiger partial charge < -0.3 is 5.32 Å². The first-order valence-electron chi connectivity index (χ1n) is 7.80. The summed E-state index contributed by atoms with van der Waals surface area (Å²) in [5.74, 6) is -0.304. The second-order valence-corrected chi connectivity index (χ2v) is 5.55. The Morgan fingerprint density at radius 3 is 2.00 bits per heavy atom. The zero-order chi connectivity index (χ0) is 16.8. The highest BCUT2D eigenvalue weighted by molar-refractivity contribution is 5.35. The third kappa shape index (κ3) is 3.68. The maximum absolute atomic E-state index is 14.0. The normalized spacial score (nSPS) is 10.5. The summed E-state index contributed by atoms with van der Waals surface area (Å²) >= 11 is 0. The zero-order valence-electron chi connectivity index (χ0n) is 13.1. The summed E-state index contributed by atoms with van der Waals surface area (Å²) in [6, 6.07) is 26.5. The standard InChI is InChI=1S/C21H17FN2/c22-20-12-11-16(14-23)13-19(20)15-24-21(17-7-3-1-4-8-17)18-9-5-2-6-10-18/h1-13,21,24H,15H2. The number of hydrogen-bond donors (Lipinski definition) is 1. The first kappa shape index (κ1) is 15.9. The zero-order valence-corrected chi connectivity index (χ0v) is 13.1. The van der Waals surface area contributed by atoms with Gasteiger partial charge in [-0.25, -0.2) is 4.39 Å². The highest BCUT2D eigenvalue weighted by Gasteiger charge is 2.14. The van der Waals surface area contributed by atoms with Gasteiger partial charge in [0.2, 0.25) is 0 Å². The molecule has 0 aliphatic heterocycles. The van der Waals surface area contributed by atoms with Crippen LogP contribution in [-0.2, 0) is 6.54 Å². The van der Waals surface area contributed by atoms with Gasteiger partial charge in [-0.15, -0.1) is 0 Å². The molecular formula is C21H17FN2. The van der Waals surface area contributed by atoms with Crippen LogP contribution in [0.1, 0.15) is 28.3 Å². The van der Waals surface area contributed by atoms with Crippen molar-refractivity contribution in [3.63, 3.8) is 0 Å². The minimum atomic E-state index is -0.304. The first-order chi connectivity index (χ1) is 11.8. The molecule has 24 heavy (non-hydrogen) atoms. The smallest absolute Gasteiger partial charge is 0.127 e. The molecule has 0 amide bonds. The topological polar surface area (TPSA) is 35.8 Å². The summed E-state index contributed by atoms with van der Waals surface area (Å²) in [4.78, 5) is 0. The molecule has 118 valence electrons. The molecule has 3 aromatic rings. The van der Waals surface area contributed by atoms with E-state index in [1.54, 1.807) is 6.07 Å². The molecule has 0 bridgehead atoms. The Hall–Kier alpha value is -2.96. The maximum Gasteiger partial charge on any atom is 0.127 e. The van der Waals surface area contributed by atoms with E-state index in [4.69, 9.17) is 5.26 Å². The summed E-state index contributed by atoms with van der Waals surface area (Å²) in [7, 11) is 0. The van der Waals surface area contributed by atoms with E-state index < -0.39 is 0 Å². The van der Waals surface area contributed by atoms with Crippen molar-refractivity contribution in [2.45, 2.75) is 12.6 Å². The van der Waals surface area contributed by atoms with Gasteiger partial charge in [0.15, 0.2) is 0 Å². The van der Waals surface area contributed by atoms with Gasteiger partial charge in [-0.3, -0.25) is 0 Å². The van der Waals surface area contributed by atoms with Crippen LogP contribution in [0.5, 0.6) is 0 Å². The monoisotopic (exact) mass is 316 g/mol. The van der Waals surface area contributed by atoms with Gasteiger partial charge >= 0.3 is 0 Å². The fourth-order valence-corrected chi connectivity index (χ4v) is 2.71. The van der Waals surface area contributed by atoms with E-state index in [0.717, 1.165) is 11.1 Å². The van der Waals surface area contributed by atoms with Crippen LogP contribution >= 0.6 is 0 Å². The second kappa shape index (κ2) is 7.54. The average Bonchev–Trinajstić information content (AvgIpc) is 2.65. The molecule has 3 aromatic carbocycles. The van der Waals surface area contributed by atoms with Crippen LogP contribution in [0.3, 0.4) is 0 Å². The molecule has 0 unspecified atom stereocenters. The Labute approximate surface area is 141 Å². The van der Waals surface area contributed by atoms with E-state index in [1.807, 2.05) is 60.7 Å². The molecule has 0 aliphatic carbocycles. The van der Waals surface area contributed by atoms with Crippen molar-refractivity contribution < 1.29 is 4.39 Å². The lowest BCUT2D eigenvalue weighted by Gasteiger charge is -2.20. The molecule has 2 nitrogen and oxygen atoms in total. The van der Waals surface area contributed by atoms with Crippen molar-refractivity contribution in [2.75, 3.05) is 0 Å².